The Kier molecular flexibility index (Phi) is 16.2. The van der Waals surface area contributed by atoms with Crippen LogP contribution in [0.2, 0.25) is 0 Å². The number of hydrogen-bond acceptors (Lipinski definition) is 16. The van der Waals surface area contributed by atoms with Gasteiger partial charge >= 0.3 is 5.97 Å². The highest BCUT2D eigenvalue weighted by Crippen LogP contribution is 2.72. The number of benzene rings is 1. The van der Waals surface area contributed by atoms with Gasteiger partial charge in [-0.25, -0.2) is 14.8 Å². The Morgan fingerprint density at radius 1 is 0.822 bits per heavy atom. The summed E-state index contributed by atoms with van der Waals surface area (Å²) in [5.74, 6) is 0.509. The number of carboxylic acids is 1. The van der Waals surface area contributed by atoms with Gasteiger partial charge in [-0.2, -0.15) is 5.10 Å². The number of thiazole rings is 1. The number of hydrogen-bond donors (Lipinski definition) is 2. The normalized spacial score (nSPS) is 22.2. The Morgan fingerprint density at radius 3 is 2.33 bits per heavy atom. The molecule has 10 rings (SSSR count). The van der Waals surface area contributed by atoms with Gasteiger partial charge < -0.3 is 39.2 Å². The van der Waals surface area contributed by atoms with Crippen molar-refractivity contribution >= 4 is 50.1 Å². The molecule has 0 radical (unpaired) electrons. The van der Waals surface area contributed by atoms with Crippen LogP contribution in [-0.4, -0.2) is 133 Å². The van der Waals surface area contributed by atoms with Crippen molar-refractivity contribution in [1.82, 2.24) is 49.8 Å². The van der Waals surface area contributed by atoms with Crippen molar-refractivity contribution in [1.29, 1.82) is 0 Å². The first-order valence-corrected chi connectivity index (χ1v) is 26.9. The van der Waals surface area contributed by atoms with Crippen molar-refractivity contribution < 1.29 is 28.8 Å². The third-order valence-corrected chi connectivity index (χ3v) is 15.8. The van der Waals surface area contributed by atoms with Crippen LogP contribution in [0, 0.1) is 30.1 Å². The maximum absolute atomic E-state index is 13.3. The molecule has 5 aromatic heterocycles. The fourth-order valence-corrected chi connectivity index (χ4v) is 13.7. The van der Waals surface area contributed by atoms with Crippen molar-refractivity contribution in [3.05, 3.63) is 77.5 Å². The lowest BCUT2D eigenvalue weighted by Crippen LogP contribution is -2.64. The molecule has 0 spiro atoms. The highest BCUT2D eigenvalue weighted by Gasteiger charge is 2.66. The molecule has 4 bridgehead atoms. The number of ether oxygens (including phenoxy) is 4. The summed E-state index contributed by atoms with van der Waals surface area (Å²) in [5, 5.41) is 37.9. The second-order valence-corrected chi connectivity index (χ2v) is 23.0. The van der Waals surface area contributed by atoms with Gasteiger partial charge in [-0.3, -0.25) is 9.36 Å². The van der Waals surface area contributed by atoms with E-state index in [0.717, 1.165) is 122 Å². The molecule has 4 aliphatic rings. The lowest BCUT2D eigenvalue weighted by molar-refractivity contribution is -0.248. The fourth-order valence-electron chi connectivity index (χ4n) is 12.9. The quantitative estimate of drug-likeness (QED) is 0.0441. The number of nitrogens with zero attached hydrogens (tertiary/aromatic N) is 11. The molecular weight excluding hydrogens is 945 g/mol. The van der Waals surface area contributed by atoms with Crippen LogP contribution in [0.3, 0.4) is 0 Å². The Balaban J connectivity index is 0.900. The minimum Gasteiger partial charge on any atom is -0.476 e. The first-order valence-electron chi connectivity index (χ1n) is 26.1. The molecule has 2 unspecified atom stereocenters. The maximum Gasteiger partial charge on any atom is 0.355 e. The van der Waals surface area contributed by atoms with Gasteiger partial charge in [-0.15, -0.1) is 15.3 Å². The van der Waals surface area contributed by atoms with Crippen molar-refractivity contribution in [2.45, 2.75) is 124 Å². The standard InChI is InChI=1S/C54H74N12O6S/c1-8-21-69-23-24-70-25-26-71-30-40-29-64(62-59-40)18-12-9-13-19-65(46-27-38(2)48(61-60-46)58-50-56-43-14-10-11-15-44(43)73-50)45-17-16-41(47(57-45)49(67)68)42-28-55-66(39(42)3)37-53-32-51(4)31-52(5,33-53)35-54(34-51,36-53)72-22-20-63(6)7/h10-11,14-17,27-29H,8-9,12-13,18-26,30-37H2,1-7H3,(H,67,68)(H,56,58,61)/t51-,52+,53?,54?. The molecule has 5 heterocycles. The van der Waals surface area contributed by atoms with E-state index in [-0.39, 0.29) is 27.5 Å². The van der Waals surface area contributed by atoms with E-state index in [1.54, 1.807) is 11.3 Å². The lowest BCUT2D eigenvalue weighted by atomic mass is 9.39. The number of rotatable bonds is 28. The zero-order valence-corrected chi connectivity index (χ0v) is 44.7. The number of anilines is 4. The Morgan fingerprint density at radius 2 is 1.59 bits per heavy atom. The van der Waals surface area contributed by atoms with Crippen molar-refractivity contribution in [2.75, 3.05) is 77.0 Å². The van der Waals surface area contributed by atoms with Gasteiger partial charge in [0, 0.05) is 49.6 Å². The van der Waals surface area contributed by atoms with Gasteiger partial charge in [0.1, 0.15) is 11.5 Å². The first-order chi connectivity index (χ1) is 35.1. The Bertz CT molecular complexity index is 2780. The Labute approximate surface area is 433 Å². The molecule has 4 aliphatic carbocycles. The second kappa shape index (κ2) is 22.6. The smallest absolute Gasteiger partial charge is 0.355 e. The molecule has 2 N–H and O–H groups in total. The van der Waals surface area contributed by atoms with E-state index in [1.807, 2.05) is 71.4 Å². The van der Waals surface area contributed by atoms with Gasteiger partial charge in [0.05, 0.1) is 67.9 Å². The number of pyridine rings is 1. The molecule has 18 nitrogen and oxygen atoms in total. The number of nitrogens with one attached hydrogen (secondary N) is 1. The van der Waals surface area contributed by atoms with Gasteiger partial charge in [0.15, 0.2) is 22.5 Å². The molecule has 0 saturated heterocycles. The number of carboxylic acid groups (broad SMARTS) is 1. The van der Waals surface area contributed by atoms with Crippen molar-refractivity contribution in [3.63, 3.8) is 0 Å². The van der Waals surface area contributed by atoms with Crippen LogP contribution in [0.25, 0.3) is 21.3 Å². The van der Waals surface area contributed by atoms with Crippen LogP contribution in [-0.2, 0) is 38.6 Å². The van der Waals surface area contributed by atoms with Crippen LogP contribution in [0.15, 0.2) is 54.9 Å². The number of fused-ring (bicyclic) bond motifs is 1. The average Bonchev–Trinajstić information content (AvgIpc) is 4.06. The molecule has 19 heteroatoms. The third-order valence-electron chi connectivity index (χ3n) is 14.8. The molecule has 392 valence electrons. The third kappa shape index (κ3) is 12.6. The van der Waals surface area contributed by atoms with E-state index in [9.17, 15) is 9.90 Å². The minimum absolute atomic E-state index is 0.0358. The summed E-state index contributed by atoms with van der Waals surface area (Å²) in [4.78, 5) is 27.1. The predicted octanol–water partition coefficient (Wildman–Crippen LogP) is 9.66. The predicted molar refractivity (Wildman–Crippen MR) is 283 cm³/mol. The summed E-state index contributed by atoms with van der Waals surface area (Å²) in [6.45, 7) is 17.9. The molecule has 1 aromatic carbocycles. The van der Waals surface area contributed by atoms with Gasteiger partial charge in [0.2, 0.25) is 0 Å². The number of aromatic carboxylic acids is 1. The first kappa shape index (κ1) is 52.4. The molecule has 4 saturated carbocycles. The second-order valence-electron chi connectivity index (χ2n) is 22.0. The van der Waals surface area contributed by atoms with Crippen LogP contribution < -0.4 is 10.2 Å². The minimum atomic E-state index is -1.11. The van der Waals surface area contributed by atoms with E-state index < -0.39 is 5.97 Å². The van der Waals surface area contributed by atoms with Gasteiger partial charge in [0.25, 0.3) is 0 Å². The topological polar surface area (TPSA) is 193 Å². The number of aromatic nitrogens is 9. The number of para-hydroxylation sites is 1. The van der Waals surface area contributed by atoms with Gasteiger partial charge in [-0.05, 0) is 144 Å². The van der Waals surface area contributed by atoms with E-state index >= 15 is 0 Å². The molecule has 4 fully saturated rings. The zero-order valence-electron chi connectivity index (χ0n) is 43.9. The van der Waals surface area contributed by atoms with Crippen LogP contribution in [0.4, 0.5) is 22.6 Å². The monoisotopic (exact) mass is 1020 g/mol. The number of carbonyl (C=O) groups is 1. The molecule has 73 heavy (non-hydrogen) atoms. The average molecular weight is 1020 g/mol. The van der Waals surface area contributed by atoms with Crippen LogP contribution in [0.5, 0.6) is 0 Å². The lowest BCUT2D eigenvalue weighted by Gasteiger charge is -2.69. The summed E-state index contributed by atoms with van der Waals surface area (Å²) in [7, 11) is 4.20. The summed E-state index contributed by atoms with van der Waals surface area (Å²) >= 11 is 1.55. The number of unbranched alkanes of at least 4 members (excludes halogenated alkanes) is 2. The molecular formula is C54H74N12O6S. The summed E-state index contributed by atoms with van der Waals surface area (Å²) in [6.07, 6.45) is 13.9. The van der Waals surface area contributed by atoms with Gasteiger partial charge in [-0.1, -0.05) is 49.5 Å². The number of aryl methyl sites for hydroxylation is 2. The summed E-state index contributed by atoms with van der Waals surface area (Å²) < 4.78 is 28.7. The Hall–Kier alpha value is -5.44. The summed E-state index contributed by atoms with van der Waals surface area (Å²) in [6, 6.07) is 13.7. The number of likely N-dealkylation sites (N-methyl/N-ethyl adjacent to an activating group) is 1. The van der Waals surface area contributed by atoms with Crippen molar-refractivity contribution in [3.8, 4) is 11.1 Å². The molecule has 6 aromatic rings. The SMILES string of the molecule is CCCOCCOCCOCc1cn(CCCCCN(c2cc(C)c(Nc3nc4ccccc4s3)nn2)c2ccc(-c3cnn(CC45CC6(OCCN(C)C)C[C@](C)(C4)C[C@](C)(C5)C6)c3C)c(C(=O)O)n2)nn1. The van der Waals surface area contributed by atoms with E-state index in [2.05, 4.69) is 72.1 Å². The summed E-state index contributed by atoms with van der Waals surface area (Å²) in [5.41, 5.74) is 5.05. The fraction of sp³-hybridized carbons (Fsp3) is 0.593. The zero-order chi connectivity index (χ0) is 51.2. The van der Waals surface area contributed by atoms with Crippen LogP contribution >= 0.6 is 11.3 Å². The van der Waals surface area contributed by atoms with E-state index in [1.165, 1.54) is 6.42 Å². The van der Waals surface area contributed by atoms with Crippen LogP contribution in [0.1, 0.15) is 112 Å². The highest BCUT2D eigenvalue weighted by molar-refractivity contribution is 7.22. The highest BCUT2D eigenvalue weighted by atomic mass is 32.1. The molecule has 0 aliphatic heterocycles. The maximum atomic E-state index is 13.3. The van der Waals surface area contributed by atoms with E-state index in [0.29, 0.717) is 69.1 Å². The molecule has 0 amide bonds. The van der Waals surface area contributed by atoms with E-state index in [4.69, 9.17) is 39.1 Å². The molecule has 4 atom stereocenters. The van der Waals surface area contributed by atoms with Crippen molar-refractivity contribution in [2.24, 2.45) is 16.2 Å². The largest absolute Gasteiger partial charge is 0.476 e.